The molecule has 118 valence electrons. The fourth-order valence-electron chi connectivity index (χ4n) is 2.41. The third-order valence-corrected chi connectivity index (χ3v) is 9.23. The summed E-state index contributed by atoms with van der Waals surface area (Å²) >= 11 is 0. The highest BCUT2D eigenvalue weighted by Gasteiger charge is 2.41. The van der Waals surface area contributed by atoms with E-state index in [0.717, 1.165) is 6.07 Å². The zero-order valence-electron chi connectivity index (χ0n) is 13.5. The minimum atomic E-state index is -1.83. The third-order valence-electron chi connectivity index (χ3n) is 4.69. The molecule has 1 aromatic carbocycles. The Labute approximate surface area is 127 Å². The molecular formula is C16H25F2NOSi. The van der Waals surface area contributed by atoms with E-state index in [1.807, 2.05) is 0 Å². The van der Waals surface area contributed by atoms with Gasteiger partial charge in [0, 0.05) is 18.2 Å². The highest BCUT2D eigenvalue weighted by Crippen LogP contribution is 2.39. The minimum Gasteiger partial charge on any atom is -0.413 e. The van der Waals surface area contributed by atoms with Gasteiger partial charge in [-0.15, -0.1) is 0 Å². The topological polar surface area (TPSA) is 21.3 Å². The Morgan fingerprint density at radius 3 is 2.52 bits per heavy atom. The first-order valence-electron chi connectivity index (χ1n) is 7.46. The van der Waals surface area contributed by atoms with Crippen molar-refractivity contribution >= 4 is 8.32 Å². The van der Waals surface area contributed by atoms with E-state index in [1.165, 1.54) is 12.1 Å². The molecule has 5 heteroatoms. The van der Waals surface area contributed by atoms with Gasteiger partial charge in [-0.1, -0.05) is 20.8 Å². The predicted octanol–water partition coefficient (Wildman–Crippen LogP) is 4.39. The first-order chi connectivity index (χ1) is 9.60. The van der Waals surface area contributed by atoms with Crippen molar-refractivity contribution in [3.8, 4) is 0 Å². The highest BCUT2D eigenvalue weighted by atomic mass is 28.4. The van der Waals surface area contributed by atoms with Crippen LogP contribution in [0.3, 0.4) is 0 Å². The molecule has 1 aliphatic heterocycles. The maximum Gasteiger partial charge on any atom is 0.192 e. The second-order valence-corrected chi connectivity index (χ2v) is 12.1. The van der Waals surface area contributed by atoms with Crippen molar-refractivity contribution in [1.29, 1.82) is 0 Å². The van der Waals surface area contributed by atoms with E-state index >= 15 is 0 Å². The van der Waals surface area contributed by atoms with Gasteiger partial charge in [-0.25, -0.2) is 8.78 Å². The molecule has 21 heavy (non-hydrogen) atoms. The van der Waals surface area contributed by atoms with Gasteiger partial charge in [0.15, 0.2) is 8.32 Å². The summed E-state index contributed by atoms with van der Waals surface area (Å²) in [6, 6.07) is 3.45. The second kappa shape index (κ2) is 5.78. The van der Waals surface area contributed by atoms with Gasteiger partial charge >= 0.3 is 0 Å². The van der Waals surface area contributed by atoms with Crippen LogP contribution in [0.15, 0.2) is 18.2 Å². The standard InChI is InChI=1S/C16H25F2NOSi/c1-16(2,3)21(4,5)20-12-9-15(19-10-12)13-8-11(17)6-7-14(13)18/h6-8,12,15,19H,9-10H2,1-5H3/t12-,15+/m1/s1. The van der Waals surface area contributed by atoms with Crippen molar-refractivity contribution in [2.75, 3.05) is 6.54 Å². The summed E-state index contributed by atoms with van der Waals surface area (Å²) < 4.78 is 33.5. The van der Waals surface area contributed by atoms with Gasteiger partial charge in [0.25, 0.3) is 0 Å². The van der Waals surface area contributed by atoms with Crippen LogP contribution in [0, 0.1) is 11.6 Å². The molecule has 0 amide bonds. The molecule has 1 N–H and O–H groups in total. The first kappa shape index (κ1) is 16.6. The van der Waals surface area contributed by atoms with Crippen LogP contribution in [0.1, 0.15) is 38.8 Å². The highest BCUT2D eigenvalue weighted by molar-refractivity contribution is 6.74. The van der Waals surface area contributed by atoms with E-state index in [0.29, 0.717) is 18.5 Å². The van der Waals surface area contributed by atoms with Gasteiger partial charge in [-0.3, -0.25) is 0 Å². The number of hydrogen-bond acceptors (Lipinski definition) is 2. The maximum atomic E-state index is 13.8. The molecule has 1 saturated heterocycles. The molecule has 0 saturated carbocycles. The summed E-state index contributed by atoms with van der Waals surface area (Å²) in [6.07, 6.45) is 0.755. The van der Waals surface area contributed by atoms with Crippen molar-refractivity contribution in [3.05, 3.63) is 35.4 Å². The lowest BCUT2D eigenvalue weighted by Crippen LogP contribution is -2.44. The van der Waals surface area contributed by atoms with Crippen LogP contribution in [0.2, 0.25) is 18.1 Å². The summed E-state index contributed by atoms with van der Waals surface area (Å²) in [6.45, 7) is 11.7. The van der Waals surface area contributed by atoms with Gasteiger partial charge in [0.1, 0.15) is 11.6 Å². The molecule has 1 fully saturated rings. The normalized spacial score (nSPS) is 23.6. The van der Waals surface area contributed by atoms with E-state index < -0.39 is 14.1 Å². The molecular weight excluding hydrogens is 288 g/mol. The second-order valence-electron chi connectivity index (χ2n) is 7.36. The zero-order chi connectivity index (χ0) is 15.8. The lowest BCUT2D eigenvalue weighted by atomic mass is 10.0. The largest absolute Gasteiger partial charge is 0.413 e. The van der Waals surface area contributed by atoms with Gasteiger partial charge in [-0.05, 0) is 42.8 Å². The van der Waals surface area contributed by atoms with Gasteiger partial charge < -0.3 is 9.74 Å². The molecule has 2 rings (SSSR count). The maximum absolute atomic E-state index is 13.8. The van der Waals surface area contributed by atoms with Crippen LogP contribution in [-0.2, 0) is 4.43 Å². The van der Waals surface area contributed by atoms with E-state index in [9.17, 15) is 8.78 Å². The Hall–Kier alpha value is -0.783. The first-order valence-corrected chi connectivity index (χ1v) is 10.4. The van der Waals surface area contributed by atoms with Crippen molar-refractivity contribution in [2.24, 2.45) is 0 Å². The fraction of sp³-hybridized carbons (Fsp3) is 0.625. The molecule has 0 spiro atoms. The lowest BCUT2D eigenvalue weighted by molar-refractivity contribution is 0.197. The summed E-state index contributed by atoms with van der Waals surface area (Å²) in [7, 11) is -1.83. The summed E-state index contributed by atoms with van der Waals surface area (Å²) in [5.41, 5.74) is 0.399. The van der Waals surface area contributed by atoms with Crippen molar-refractivity contribution in [1.82, 2.24) is 5.32 Å². The summed E-state index contributed by atoms with van der Waals surface area (Å²) in [4.78, 5) is 0. The Morgan fingerprint density at radius 1 is 1.24 bits per heavy atom. The SMILES string of the molecule is CC(C)(C)[Si](C)(C)O[C@H]1CN[C@H](c2cc(F)ccc2F)C1. The average molecular weight is 313 g/mol. The monoisotopic (exact) mass is 313 g/mol. The molecule has 2 nitrogen and oxygen atoms in total. The smallest absolute Gasteiger partial charge is 0.192 e. The molecule has 1 heterocycles. The van der Waals surface area contributed by atoms with Crippen molar-refractivity contribution in [3.63, 3.8) is 0 Å². The molecule has 1 aromatic rings. The van der Waals surface area contributed by atoms with Gasteiger partial charge in [0.05, 0.1) is 6.10 Å². The number of rotatable bonds is 3. The summed E-state index contributed by atoms with van der Waals surface area (Å²) in [5.74, 6) is -0.760. The predicted molar refractivity (Wildman–Crippen MR) is 83.8 cm³/mol. The molecule has 0 bridgehead atoms. The van der Waals surface area contributed by atoms with E-state index in [4.69, 9.17) is 4.43 Å². The molecule has 0 aliphatic carbocycles. The molecule has 0 unspecified atom stereocenters. The quantitative estimate of drug-likeness (QED) is 0.836. The van der Waals surface area contributed by atoms with Gasteiger partial charge in [0.2, 0.25) is 0 Å². The van der Waals surface area contributed by atoms with E-state index in [-0.39, 0.29) is 23.0 Å². The lowest BCUT2D eigenvalue weighted by Gasteiger charge is -2.38. The molecule has 0 aromatic heterocycles. The van der Waals surface area contributed by atoms with Crippen LogP contribution < -0.4 is 5.32 Å². The minimum absolute atomic E-state index is 0.0681. The number of hydrogen-bond donors (Lipinski definition) is 1. The molecule has 1 aliphatic rings. The fourth-order valence-corrected chi connectivity index (χ4v) is 3.77. The molecule has 2 atom stereocenters. The third kappa shape index (κ3) is 3.70. The number of benzene rings is 1. The average Bonchev–Trinajstić information content (AvgIpc) is 2.78. The Kier molecular flexibility index (Phi) is 4.56. The Balaban J connectivity index is 2.06. The summed E-state index contributed by atoms with van der Waals surface area (Å²) in [5, 5.41) is 3.40. The number of halogens is 2. The van der Waals surface area contributed by atoms with Crippen molar-refractivity contribution in [2.45, 2.75) is 57.5 Å². The van der Waals surface area contributed by atoms with Crippen LogP contribution in [0.4, 0.5) is 8.78 Å². The van der Waals surface area contributed by atoms with E-state index in [2.05, 4.69) is 39.2 Å². The van der Waals surface area contributed by atoms with Gasteiger partial charge in [-0.2, -0.15) is 0 Å². The number of nitrogens with one attached hydrogen (secondary N) is 1. The Morgan fingerprint density at radius 2 is 1.90 bits per heavy atom. The van der Waals surface area contributed by atoms with Crippen LogP contribution in [-0.4, -0.2) is 21.0 Å². The Bertz CT molecular complexity index is 513. The van der Waals surface area contributed by atoms with Crippen molar-refractivity contribution < 1.29 is 13.2 Å². The van der Waals surface area contributed by atoms with E-state index in [1.54, 1.807) is 0 Å². The van der Waals surface area contributed by atoms with Crippen LogP contribution in [0.25, 0.3) is 0 Å². The molecule has 0 radical (unpaired) electrons. The van der Waals surface area contributed by atoms with Crippen LogP contribution in [0.5, 0.6) is 0 Å². The zero-order valence-corrected chi connectivity index (χ0v) is 14.5. The van der Waals surface area contributed by atoms with Crippen LogP contribution >= 0.6 is 0 Å².